The summed E-state index contributed by atoms with van der Waals surface area (Å²) in [6.07, 6.45) is 0.751. The molecular formula is C11H15Cl2NO. The third kappa shape index (κ3) is 4.39. The van der Waals surface area contributed by atoms with Crippen molar-refractivity contribution in [3.63, 3.8) is 0 Å². The first-order valence-electron chi connectivity index (χ1n) is 4.91. The Labute approximate surface area is 100 Å². The molecule has 0 saturated heterocycles. The van der Waals surface area contributed by atoms with Gasteiger partial charge in [0, 0.05) is 19.2 Å². The highest BCUT2D eigenvalue weighted by atomic mass is 35.5. The molecule has 0 aliphatic heterocycles. The van der Waals surface area contributed by atoms with Crippen molar-refractivity contribution in [3.8, 4) is 0 Å². The highest BCUT2D eigenvalue weighted by Crippen LogP contribution is 2.22. The van der Waals surface area contributed by atoms with E-state index in [0.717, 1.165) is 18.5 Å². The van der Waals surface area contributed by atoms with Crippen LogP contribution in [0, 0.1) is 0 Å². The molecule has 0 saturated carbocycles. The SMILES string of the molecule is C[C@H](CCO)NCc1ccc(Cl)c(Cl)c1. The fourth-order valence-electron chi connectivity index (χ4n) is 1.24. The Balaban J connectivity index is 2.47. The summed E-state index contributed by atoms with van der Waals surface area (Å²) in [6.45, 7) is 2.97. The molecule has 0 unspecified atom stereocenters. The minimum absolute atomic E-state index is 0.204. The van der Waals surface area contributed by atoms with E-state index in [2.05, 4.69) is 5.32 Å². The third-order valence-electron chi connectivity index (χ3n) is 2.20. The number of nitrogens with one attached hydrogen (secondary N) is 1. The molecule has 0 aliphatic rings. The van der Waals surface area contributed by atoms with Crippen molar-refractivity contribution in [2.45, 2.75) is 25.9 Å². The molecule has 1 atom stereocenters. The zero-order valence-corrected chi connectivity index (χ0v) is 10.1. The average Bonchev–Trinajstić information content (AvgIpc) is 2.20. The largest absolute Gasteiger partial charge is 0.396 e. The number of aliphatic hydroxyl groups excluding tert-OH is 1. The summed E-state index contributed by atoms with van der Waals surface area (Å²) in [4.78, 5) is 0. The van der Waals surface area contributed by atoms with Crippen LogP contribution in [0.15, 0.2) is 18.2 Å². The minimum atomic E-state index is 0.204. The highest BCUT2D eigenvalue weighted by molar-refractivity contribution is 6.42. The highest BCUT2D eigenvalue weighted by Gasteiger charge is 2.02. The Morgan fingerprint density at radius 2 is 2.07 bits per heavy atom. The van der Waals surface area contributed by atoms with Crippen LogP contribution in [0.3, 0.4) is 0 Å². The van der Waals surface area contributed by atoms with E-state index >= 15 is 0 Å². The number of halogens is 2. The van der Waals surface area contributed by atoms with E-state index < -0.39 is 0 Å². The number of aliphatic hydroxyl groups is 1. The summed E-state index contributed by atoms with van der Waals surface area (Å²) in [7, 11) is 0. The third-order valence-corrected chi connectivity index (χ3v) is 2.94. The molecule has 1 rings (SSSR count). The first-order chi connectivity index (χ1) is 7.13. The second-order valence-electron chi connectivity index (χ2n) is 3.54. The van der Waals surface area contributed by atoms with Gasteiger partial charge in [0.05, 0.1) is 10.0 Å². The Morgan fingerprint density at radius 3 is 2.67 bits per heavy atom. The molecule has 0 radical (unpaired) electrons. The lowest BCUT2D eigenvalue weighted by atomic mass is 10.2. The van der Waals surface area contributed by atoms with Crippen molar-refractivity contribution < 1.29 is 5.11 Å². The summed E-state index contributed by atoms with van der Waals surface area (Å²) in [6, 6.07) is 5.87. The van der Waals surface area contributed by atoms with Gasteiger partial charge < -0.3 is 10.4 Å². The number of rotatable bonds is 5. The molecule has 2 nitrogen and oxygen atoms in total. The van der Waals surface area contributed by atoms with Crippen molar-refractivity contribution in [3.05, 3.63) is 33.8 Å². The van der Waals surface area contributed by atoms with Crippen LogP contribution < -0.4 is 5.32 Å². The standard InChI is InChI=1S/C11H15Cl2NO/c1-8(4-5-15)14-7-9-2-3-10(12)11(13)6-9/h2-3,6,8,14-15H,4-5,7H2,1H3/t8-/m1/s1. The normalized spacial score (nSPS) is 12.8. The van der Waals surface area contributed by atoms with Gasteiger partial charge in [-0.05, 0) is 31.0 Å². The maximum atomic E-state index is 8.74. The molecular weight excluding hydrogens is 233 g/mol. The maximum Gasteiger partial charge on any atom is 0.0595 e. The van der Waals surface area contributed by atoms with E-state index in [4.69, 9.17) is 28.3 Å². The summed E-state index contributed by atoms with van der Waals surface area (Å²) in [5.41, 5.74) is 1.09. The van der Waals surface area contributed by atoms with E-state index in [1.54, 1.807) is 6.07 Å². The van der Waals surface area contributed by atoms with Gasteiger partial charge in [0.1, 0.15) is 0 Å². The molecule has 84 valence electrons. The Hall–Kier alpha value is -0.280. The fraction of sp³-hybridized carbons (Fsp3) is 0.455. The van der Waals surface area contributed by atoms with Crippen LogP contribution in [0.2, 0.25) is 10.0 Å². The van der Waals surface area contributed by atoms with Crippen LogP contribution in [0.4, 0.5) is 0 Å². The van der Waals surface area contributed by atoms with Crippen molar-refractivity contribution in [1.82, 2.24) is 5.32 Å². The lowest BCUT2D eigenvalue weighted by Crippen LogP contribution is -2.26. The molecule has 0 bridgehead atoms. The molecule has 4 heteroatoms. The topological polar surface area (TPSA) is 32.3 Å². The zero-order chi connectivity index (χ0) is 11.3. The van der Waals surface area contributed by atoms with Crippen molar-refractivity contribution >= 4 is 23.2 Å². The molecule has 2 N–H and O–H groups in total. The molecule has 0 amide bonds. The lowest BCUT2D eigenvalue weighted by molar-refractivity contribution is 0.268. The van der Waals surface area contributed by atoms with Gasteiger partial charge in [-0.15, -0.1) is 0 Å². The van der Waals surface area contributed by atoms with Gasteiger partial charge in [0.25, 0.3) is 0 Å². The van der Waals surface area contributed by atoms with E-state index in [-0.39, 0.29) is 6.61 Å². The van der Waals surface area contributed by atoms with Crippen molar-refractivity contribution in [2.75, 3.05) is 6.61 Å². The van der Waals surface area contributed by atoms with Gasteiger partial charge in [-0.2, -0.15) is 0 Å². The fourth-order valence-corrected chi connectivity index (χ4v) is 1.56. The van der Waals surface area contributed by atoms with E-state index in [1.807, 2.05) is 19.1 Å². The minimum Gasteiger partial charge on any atom is -0.396 e. The molecule has 0 heterocycles. The van der Waals surface area contributed by atoms with Gasteiger partial charge in [-0.1, -0.05) is 29.3 Å². The first kappa shape index (κ1) is 12.8. The van der Waals surface area contributed by atoms with Crippen LogP contribution in [0.1, 0.15) is 18.9 Å². The van der Waals surface area contributed by atoms with Crippen molar-refractivity contribution in [2.24, 2.45) is 0 Å². The predicted molar refractivity (Wildman–Crippen MR) is 64.5 cm³/mol. The first-order valence-corrected chi connectivity index (χ1v) is 5.67. The summed E-state index contributed by atoms with van der Waals surface area (Å²) >= 11 is 11.7. The Kier molecular flexibility index (Phi) is 5.40. The number of benzene rings is 1. The molecule has 0 aliphatic carbocycles. The average molecular weight is 248 g/mol. The van der Waals surface area contributed by atoms with Gasteiger partial charge in [-0.3, -0.25) is 0 Å². The van der Waals surface area contributed by atoms with Crippen LogP contribution in [-0.2, 0) is 6.54 Å². The van der Waals surface area contributed by atoms with E-state index in [1.165, 1.54) is 0 Å². The predicted octanol–water partition coefficient (Wildman–Crippen LogP) is 2.85. The van der Waals surface area contributed by atoms with Crippen molar-refractivity contribution in [1.29, 1.82) is 0 Å². The van der Waals surface area contributed by atoms with Crippen LogP contribution >= 0.6 is 23.2 Å². The van der Waals surface area contributed by atoms with Gasteiger partial charge in [0.15, 0.2) is 0 Å². The smallest absolute Gasteiger partial charge is 0.0595 e. The quantitative estimate of drug-likeness (QED) is 0.839. The van der Waals surface area contributed by atoms with E-state index in [0.29, 0.717) is 16.1 Å². The Morgan fingerprint density at radius 1 is 1.33 bits per heavy atom. The van der Waals surface area contributed by atoms with Crippen LogP contribution in [-0.4, -0.2) is 17.8 Å². The zero-order valence-electron chi connectivity index (χ0n) is 8.63. The lowest BCUT2D eigenvalue weighted by Gasteiger charge is -2.12. The molecule has 0 aromatic heterocycles. The summed E-state index contributed by atoms with van der Waals surface area (Å²) in [5, 5.41) is 13.2. The Bertz CT molecular complexity index is 317. The number of hydrogen-bond donors (Lipinski definition) is 2. The summed E-state index contributed by atoms with van der Waals surface area (Å²) in [5.74, 6) is 0. The van der Waals surface area contributed by atoms with Crippen LogP contribution in [0.25, 0.3) is 0 Å². The van der Waals surface area contributed by atoms with Crippen LogP contribution in [0.5, 0.6) is 0 Å². The molecule has 1 aromatic rings. The molecule has 0 spiro atoms. The second kappa shape index (κ2) is 6.33. The number of hydrogen-bond acceptors (Lipinski definition) is 2. The molecule has 1 aromatic carbocycles. The second-order valence-corrected chi connectivity index (χ2v) is 4.36. The molecule has 15 heavy (non-hydrogen) atoms. The monoisotopic (exact) mass is 247 g/mol. The van der Waals surface area contributed by atoms with E-state index in [9.17, 15) is 0 Å². The van der Waals surface area contributed by atoms with Gasteiger partial charge in [0.2, 0.25) is 0 Å². The summed E-state index contributed by atoms with van der Waals surface area (Å²) < 4.78 is 0. The van der Waals surface area contributed by atoms with Gasteiger partial charge >= 0.3 is 0 Å². The molecule has 0 fully saturated rings. The maximum absolute atomic E-state index is 8.74. The van der Waals surface area contributed by atoms with Gasteiger partial charge in [-0.25, -0.2) is 0 Å².